The minimum absolute atomic E-state index is 0.0136. The Morgan fingerprint density at radius 1 is 1.41 bits per heavy atom. The van der Waals surface area contributed by atoms with Crippen LogP contribution < -0.4 is 14.8 Å². The zero-order valence-electron chi connectivity index (χ0n) is 15.1. The van der Waals surface area contributed by atoms with Crippen LogP contribution in [0.2, 0.25) is 5.02 Å². The fourth-order valence-corrected chi connectivity index (χ4v) is 2.56. The number of terminal acetylenes is 1. The number of ether oxygens (including phenoxy) is 2. The first-order valence-corrected chi connectivity index (χ1v) is 8.38. The number of halogens is 1. The van der Waals surface area contributed by atoms with Crippen molar-refractivity contribution in [1.82, 2.24) is 0 Å². The van der Waals surface area contributed by atoms with Gasteiger partial charge in [-0.05, 0) is 29.8 Å². The van der Waals surface area contributed by atoms with E-state index in [1.807, 2.05) is 0 Å². The van der Waals surface area contributed by atoms with Crippen LogP contribution in [0.3, 0.4) is 0 Å². The van der Waals surface area contributed by atoms with Gasteiger partial charge in [0.05, 0.1) is 17.1 Å². The van der Waals surface area contributed by atoms with Crippen molar-refractivity contribution < 1.29 is 19.2 Å². The van der Waals surface area contributed by atoms with Gasteiger partial charge in [-0.3, -0.25) is 14.9 Å². The van der Waals surface area contributed by atoms with Crippen LogP contribution in [0.1, 0.15) is 5.56 Å². The number of nitrogens with one attached hydrogen (secondary N) is 1. The predicted molar refractivity (Wildman–Crippen MR) is 108 cm³/mol. The fraction of sp³-hybridized carbons (Fsp3) is 0.100. The van der Waals surface area contributed by atoms with Crippen molar-refractivity contribution in [3.05, 3.63) is 62.7 Å². The number of anilines is 1. The zero-order chi connectivity index (χ0) is 21.4. The van der Waals surface area contributed by atoms with E-state index in [0.717, 1.165) is 0 Å². The van der Waals surface area contributed by atoms with Crippen molar-refractivity contribution >= 4 is 35.0 Å². The number of amides is 1. The van der Waals surface area contributed by atoms with E-state index in [1.165, 1.54) is 49.6 Å². The number of carbonyl (C=O) groups excluding carboxylic acids is 1. The summed E-state index contributed by atoms with van der Waals surface area (Å²) in [7, 11) is 1.40. The highest BCUT2D eigenvalue weighted by Crippen LogP contribution is 2.37. The monoisotopic (exact) mass is 411 g/mol. The number of rotatable bonds is 7. The average Bonchev–Trinajstić information content (AvgIpc) is 2.70. The summed E-state index contributed by atoms with van der Waals surface area (Å²) in [5.41, 5.74) is 0.154. The van der Waals surface area contributed by atoms with Crippen LogP contribution in [0.4, 0.5) is 11.4 Å². The molecule has 2 aromatic rings. The van der Waals surface area contributed by atoms with Crippen LogP contribution in [0, 0.1) is 33.8 Å². The lowest BCUT2D eigenvalue weighted by Gasteiger charge is -2.12. The average molecular weight is 412 g/mol. The molecule has 1 amide bonds. The molecule has 9 heteroatoms. The second-order valence-electron chi connectivity index (χ2n) is 5.46. The molecule has 0 unspecified atom stereocenters. The molecular formula is C20H14ClN3O5. The topological polar surface area (TPSA) is 114 Å². The Hall–Kier alpha value is -4.01. The summed E-state index contributed by atoms with van der Waals surface area (Å²) in [4.78, 5) is 22.6. The molecule has 29 heavy (non-hydrogen) atoms. The Morgan fingerprint density at radius 3 is 2.79 bits per heavy atom. The van der Waals surface area contributed by atoms with Gasteiger partial charge in [-0.25, -0.2) is 0 Å². The van der Waals surface area contributed by atoms with Crippen LogP contribution in [0.15, 0.2) is 42.0 Å². The Bertz CT molecular complexity index is 1070. The first kappa shape index (κ1) is 21.3. The van der Waals surface area contributed by atoms with Gasteiger partial charge in [-0.1, -0.05) is 23.6 Å². The molecule has 2 aromatic carbocycles. The highest BCUT2D eigenvalue weighted by atomic mass is 35.5. The third-order valence-electron chi connectivity index (χ3n) is 3.54. The number of hydrogen-bond donors (Lipinski definition) is 1. The molecule has 2 rings (SSSR count). The number of methoxy groups -OCH3 is 1. The van der Waals surface area contributed by atoms with Gasteiger partial charge in [-0.15, -0.1) is 6.42 Å². The maximum absolute atomic E-state index is 12.4. The van der Waals surface area contributed by atoms with Gasteiger partial charge in [-0.2, -0.15) is 5.26 Å². The molecule has 1 N–H and O–H groups in total. The summed E-state index contributed by atoms with van der Waals surface area (Å²) in [6.07, 6.45) is 6.47. The summed E-state index contributed by atoms with van der Waals surface area (Å²) in [6.45, 7) is -0.0136. The lowest BCUT2D eigenvalue weighted by atomic mass is 10.1. The molecule has 0 aliphatic heterocycles. The number of non-ortho nitro benzene ring substituents is 1. The van der Waals surface area contributed by atoms with Crippen molar-refractivity contribution in [2.24, 2.45) is 0 Å². The summed E-state index contributed by atoms with van der Waals surface area (Å²) in [5.74, 6) is 2.09. The normalized spacial score (nSPS) is 10.4. The maximum Gasteiger partial charge on any atom is 0.271 e. The van der Waals surface area contributed by atoms with Crippen LogP contribution in [-0.2, 0) is 4.79 Å². The van der Waals surface area contributed by atoms with Gasteiger partial charge in [0.1, 0.15) is 18.2 Å². The summed E-state index contributed by atoms with van der Waals surface area (Å²) >= 11 is 6.18. The van der Waals surface area contributed by atoms with Gasteiger partial charge in [0.15, 0.2) is 11.5 Å². The van der Waals surface area contributed by atoms with Crippen molar-refractivity contribution in [3.63, 3.8) is 0 Å². The first-order valence-electron chi connectivity index (χ1n) is 8.01. The Morgan fingerprint density at radius 2 is 2.17 bits per heavy atom. The minimum Gasteiger partial charge on any atom is -0.493 e. The molecule has 0 aromatic heterocycles. The molecule has 0 atom stereocenters. The first-order chi connectivity index (χ1) is 13.9. The largest absolute Gasteiger partial charge is 0.493 e. The molecule has 146 valence electrons. The molecule has 0 bridgehead atoms. The lowest BCUT2D eigenvalue weighted by molar-refractivity contribution is -0.384. The number of carbonyl (C=O) groups is 1. The van der Waals surface area contributed by atoms with Crippen molar-refractivity contribution in [3.8, 4) is 29.9 Å². The zero-order valence-corrected chi connectivity index (χ0v) is 15.9. The highest BCUT2D eigenvalue weighted by molar-refractivity contribution is 6.32. The Balaban J connectivity index is 2.31. The number of nitrogens with zero attached hydrogens (tertiary/aromatic N) is 2. The summed E-state index contributed by atoms with van der Waals surface area (Å²) in [5, 5.41) is 22.8. The molecule has 0 heterocycles. The van der Waals surface area contributed by atoms with Gasteiger partial charge < -0.3 is 14.8 Å². The van der Waals surface area contributed by atoms with E-state index in [2.05, 4.69) is 11.2 Å². The van der Waals surface area contributed by atoms with Gasteiger partial charge in [0.25, 0.3) is 11.6 Å². The highest BCUT2D eigenvalue weighted by Gasteiger charge is 2.15. The molecular weight excluding hydrogens is 398 g/mol. The van der Waals surface area contributed by atoms with E-state index in [4.69, 9.17) is 27.5 Å². The third kappa shape index (κ3) is 5.48. The standard InChI is InChI=1S/C20H14ClN3O5/c1-3-7-29-19-17(21)9-13(10-18(19)28-2)8-14(12-22)20(25)23-15-5-4-6-16(11-15)24(26)27/h1,4-6,8-11H,7H2,2H3,(H,23,25)/b14-8+. The molecule has 0 saturated carbocycles. The van der Waals surface area contributed by atoms with Crippen LogP contribution in [0.25, 0.3) is 6.08 Å². The third-order valence-corrected chi connectivity index (χ3v) is 3.82. The number of benzene rings is 2. The lowest BCUT2D eigenvalue weighted by Crippen LogP contribution is -2.13. The van der Waals surface area contributed by atoms with Crippen LogP contribution in [0.5, 0.6) is 11.5 Å². The van der Waals surface area contributed by atoms with Gasteiger partial charge in [0.2, 0.25) is 0 Å². The number of hydrogen-bond acceptors (Lipinski definition) is 6. The van der Waals surface area contributed by atoms with Crippen molar-refractivity contribution in [2.75, 3.05) is 19.0 Å². The quantitative estimate of drug-likeness (QED) is 0.243. The molecule has 8 nitrogen and oxygen atoms in total. The Kier molecular flexibility index (Phi) is 7.19. The smallest absolute Gasteiger partial charge is 0.271 e. The predicted octanol–water partition coefficient (Wildman–Crippen LogP) is 3.81. The second-order valence-corrected chi connectivity index (χ2v) is 5.87. The maximum atomic E-state index is 12.4. The molecule has 0 aliphatic carbocycles. The fourth-order valence-electron chi connectivity index (χ4n) is 2.29. The SMILES string of the molecule is C#CCOc1c(Cl)cc(/C=C(\C#N)C(=O)Nc2cccc([N+](=O)[O-])c2)cc1OC. The number of nitriles is 1. The molecule has 0 fully saturated rings. The van der Waals surface area contributed by atoms with E-state index >= 15 is 0 Å². The molecule has 0 saturated heterocycles. The summed E-state index contributed by atoms with van der Waals surface area (Å²) < 4.78 is 10.6. The molecule has 0 spiro atoms. The van der Waals surface area contributed by atoms with E-state index in [0.29, 0.717) is 5.56 Å². The van der Waals surface area contributed by atoms with Crippen molar-refractivity contribution in [2.45, 2.75) is 0 Å². The number of nitro benzene ring substituents is 1. The van der Waals surface area contributed by atoms with E-state index in [9.17, 15) is 20.2 Å². The molecule has 0 radical (unpaired) electrons. The van der Waals surface area contributed by atoms with Gasteiger partial charge in [0, 0.05) is 17.8 Å². The molecule has 0 aliphatic rings. The van der Waals surface area contributed by atoms with E-state index in [-0.39, 0.29) is 40.1 Å². The second kappa shape index (κ2) is 9.79. The Labute approximate surface area is 171 Å². The minimum atomic E-state index is -0.740. The van der Waals surface area contributed by atoms with Crippen LogP contribution >= 0.6 is 11.6 Å². The van der Waals surface area contributed by atoms with E-state index < -0.39 is 10.8 Å². The van der Waals surface area contributed by atoms with Gasteiger partial charge >= 0.3 is 0 Å². The number of nitro groups is 1. The van der Waals surface area contributed by atoms with E-state index in [1.54, 1.807) is 6.07 Å². The van der Waals surface area contributed by atoms with Crippen LogP contribution in [-0.4, -0.2) is 24.5 Å². The van der Waals surface area contributed by atoms with Crippen molar-refractivity contribution in [1.29, 1.82) is 5.26 Å². The summed E-state index contributed by atoms with van der Waals surface area (Å²) in [6, 6.07) is 10.2.